The van der Waals surface area contributed by atoms with E-state index in [9.17, 15) is 19.7 Å². The number of nitrogens with one attached hydrogen (secondary N) is 1. The molecule has 3 aliphatic heterocycles. The third-order valence-corrected chi connectivity index (χ3v) is 7.90. The average molecular weight is 485 g/mol. The molecule has 0 unspecified atom stereocenters. The van der Waals surface area contributed by atoms with Crippen LogP contribution in [-0.2, 0) is 10.3 Å². The molecular formula is C27H24N4O5. The Balaban J connectivity index is 1.63. The number of nitrogens with zero attached hydrogens (tertiary/aromatic N) is 3. The van der Waals surface area contributed by atoms with E-state index in [4.69, 9.17) is 4.74 Å². The summed E-state index contributed by atoms with van der Waals surface area (Å²) in [6, 6.07) is 15.2. The first-order valence-corrected chi connectivity index (χ1v) is 11.9. The van der Waals surface area contributed by atoms with Crippen molar-refractivity contribution in [2.45, 2.75) is 30.3 Å². The summed E-state index contributed by atoms with van der Waals surface area (Å²) in [5.74, 6) is -1.12. The van der Waals surface area contributed by atoms with Gasteiger partial charge in [-0.05, 0) is 55.3 Å². The lowest BCUT2D eigenvalue weighted by molar-refractivity contribution is -0.384. The molecule has 36 heavy (non-hydrogen) atoms. The Hall–Kier alpha value is -4.11. The van der Waals surface area contributed by atoms with E-state index in [-0.39, 0.29) is 23.4 Å². The molecule has 2 aromatic carbocycles. The Kier molecular flexibility index (Phi) is 5.11. The Morgan fingerprint density at radius 3 is 2.83 bits per heavy atom. The second-order valence-corrected chi connectivity index (χ2v) is 9.50. The molecule has 1 amide bonds. The van der Waals surface area contributed by atoms with Gasteiger partial charge in [-0.2, -0.15) is 0 Å². The summed E-state index contributed by atoms with van der Waals surface area (Å²) in [6.07, 6.45) is 4.75. The molecule has 0 bridgehead atoms. The predicted molar refractivity (Wildman–Crippen MR) is 131 cm³/mol. The zero-order chi connectivity index (χ0) is 25.0. The van der Waals surface area contributed by atoms with E-state index >= 15 is 0 Å². The number of carbonyl (C=O) groups is 2. The Labute approximate surface area is 207 Å². The SMILES string of the molecule is COc1ccc2c(c1)[C@@]1(C(=O)N2)[C@H](C(=O)c2cccnc2)[C@H](c2cccc([N+](=O)[O-])c2)[C@H]2CCCN21. The molecule has 3 aromatic rings. The van der Waals surface area contributed by atoms with Crippen LogP contribution in [0.25, 0.3) is 0 Å². The number of amides is 1. The number of Topliss-reactive ketones (excluding diaryl/α,β-unsaturated/α-hetero) is 1. The minimum absolute atomic E-state index is 0.0384. The van der Waals surface area contributed by atoms with Crippen LogP contribution in [0.3, 0.4) is 0 Å². The van der Waals surface area contributed by atoms with Crippen molar-refractivity contribution in [3.63, 3.8) is 0 Å². The molecule has 182 valence electrons. The van der Waals surface area contributed by atoms with Crippen molar-refractivity contribution < 1.29 is 19.2 Å². The van der Waals surface area contributed by atoms with Gasteiger partial charge in [0.15, 0.2) is 5.78 Å². The summed E-state index contributed by atoms with van der Waals surface area (Å²) in [6.45, 7) is 0.636. The van der Waals surface area contributed by atoms with Crippen LogP contribution in [-0.4, -0.2) is 46.2 Å². The highest BCUT2D eigenvalue weighted by Gasteiger charge is 2.69. The normalized spacial score (nSPS) is 26.5. The first kappa shape index (κ1) is 22.4. The molecule has 0 saturated carbocycles. The number of rotatable bonds is 5. The lowest BCUT2D eigenvalue weighted by atomic mass is 9.69. The van der Waals surface area contributed by atoms with Gasteiger partial charge in [0.05, 0.1) is 18.0 Å². The van der Waals surface area contributed by atoms with Crippen molar-refractivity contribution in [1.82, 2.24) is 9.88 Å². The molecule has 4 heterocycles. The number of nitro groups is 1. The van der Waals surface area contributed by atoms with Gasteiger partial charge in [0.1, 0.15) is 11.3 Å². The zero-order valence-corrected chi connectivity index (χ0v) is 19.6. The number of carbonyl (C=O) groups excluding carboxylic acids is 2. The van der Waals surface area contributed by atoms with Crippen LogP contribution in [0.5, 0.6) is 5.75 Å². The van der Waals surface area contributed by atoms with Crippen molar-refractivity contribution in [3.05, 3.63) is 93.8 Å². The van der Waals surface area contributed by atoms with Crippen LogP contribution in [0.1, 0.15) is 40.2 Å². The van der Waals surface area contributed by atoms with E-state index in [0.717, 1.165) is 12.8 Å². The fourth-order valence-corrected chi connectivity index (χ4v) is 6.57. The summed E-state index contributed by atoms with van der Waals surface area (Å²) < 4.78 is 5.50. The first-order chi connectivity index (χ1) is 17.5. The summed E-state index contributed by atoms with van der Waals surface area (Å²) in [4.78, 5) is 45.8. The molecule has 4 atom stereocenters. The number of nitro benzene ring substituents is 1. The van der Waals surface area contributed by atoms with Crippen molar-refractivity contribution in [1.29, 1.82) is 0 Å². The number of ether oxygens (including phenoxy) is 1. The fourth-order valence-electron chi connectivity index (χ4n) is 6.57. The highest BCUT2D eigenvalue weighted by molar-refractivity contribution is 6.12. The lowest BCUT2D eigenvalue weighted by Gasteiger charge is -2.37. The molecule has 9 heteroatoms. The number of aromatic nitrogens is 1. The summed E-state index contributed by atoms with van der Waals surface area (Å²) in [7, 11) is 1.57. The zero-order valence-electron chi connectivity index (χ0n) is 19.6. The third-order valence-electron chi connectivity index (χ3n) is 7.90. The number of ketones is 1. The van der Waals surface area contributed by atoms with Crippen molar-refractivity contribution in [2.75, 3.05) is 19.0 Å². The molecular weight excluding hydrogens is 460 g/mol. The van der Waals surface area contributed by atoms with Gasteiger partial charge in [0.25, 0.3) is 5.69 Å². The van der Waals surface area contributed by atoms with Gasteiger partial charge in [-0.1, -0.05) is 12.1 Å². The van der Waals surface area contributed by atoms with Crippen molar-refractivity contribution in [2.24, 2.45) is 5.92 Å². The number of fused-ring (bicyclic) bond motifs is 4. The molecule has 0 radical (unpaired) electrons. The van der Waals surface area contributed by atoms with E-state index < -0.39 is 22.3 Å². The maximum absolute atomic E-state index is 14.3. The smallest absolute Gasteiger partial charge is 0.269 e. The first-order valence-electron chi connectivity index (χ1n) is 11.9. The lowest BCUT2D eigenvalue weighted by Crippen LogP contribution is -2.52. The molecule has 2 fully saturated rings. The van der Waals surface area contributed by atoms with Gasteiger partial charge in [-0.25, -0.2) is 0 Å². The largest absolute Gasteiger partial charge is 0.497 e. The minimum Gasteiger partial charge on any atom is -0.497 e. The highest BCUT2D eigenvalue weighted by atomic mass is 16.6. The maximum Gasteiger partial charge on any atom is 0.269 e. The van der Waals surface area contributed by atoms with Crippen LogP contribution in [0.15, 0.2) is 67.0 Å². The minimum atomic E-state index is -1.27. The van der Waals surface area contributed by atoms with E-state index in [2.05, 4.69) is 15.2 Å². The number of hydrogen-bond donors (Lipinski definition) is 1. The van der Waals surface area contributed by atoms with Crippen LogP contribution < -0.4 is 10.1 Å². The quantitative estimate of drug-likeness (QED) is 0.332. The van der Waals surface area contributed by atoms with Gasteiger partial charge in [0, 0.05) is 53.3 Å². The van der Waals surface area contributed by atoms with E-state index in [1.165, 1.54) is 12.3 Å². The molecule has 1 aromatic heterocycles. The number of hydrogen-bond acceptors (Lipinski definition) is 7. The van der Waals surface area contributed by atoms with Gasteiger partial charge in [-0.15, -0.1) is 0 Å². The molecule has 6 rings (SSSR count). The second-order valence-electron chi connectivity index (χ2n) is 9.50. The maximum atomic E-state index is 14.3. The standard InChI is InChI=1S/C27H24N4O5/c1-36-19-9-10-21-20(14-19)27(26(33)29-21)24(25(32)17-6-3-11-28-15-17)23(22-8-4-12-30(22)27)16-5-2-7-18(13-16)31(34)35/h2-3,5-7,9-11,13-15,22-24H,4,8,12H2,1H3,(H,29,33)/t22-,23-,24+,27+/m1/s1. The average Bonchev–Trinajstić information content (AvgIpc) is 3.57. The molecule has 3 aliphatic rings. The fraction of sp³-hybridized carbons (Fsp3) is 0.296. The topological polar surface area (TPSA) is 115 Å². The van der Waals surface area contributed by atoms with Gasteiger partial charge in [-0.3, -0.25) is 29.6 Å². The van der Waals surface area contributed by atoms with E-state index in [1.807, 2.05) is 12.1 Å². The number of non-ortho nitro benzene ring substituents is 1. The number of pyridine rings is 1. The number of benzene rings is 2. The van der Waals surface area contributed by atoms with Gasteiger partial charge < -0.3 is 10.1 Å². The molecule has 1 N–H and O–H groups in total. The van der Waals surface area contributed by atoms with E-state index in [0.29, 0.717) is 34.7 Å². The molecule has 2 saturated heterocycles. The summed E-state index contributed by atoms with van der Waals surface area (Å²) in [5, 5.41) is 14.6. The number of methoxy groups -OCH3 is 1. The molecule has 1 spiro atoms. The van der Waals surface area contributed by atoms with Crippen molar-refractivity contribution in [3.8, 4) is 5.75 Å². The van der Waals surface area contributed by atoms with Crippen LogP contribution in [0.2, 0.25) is 0 Å². The highest BCUT2D eigenvalue weighted by Crippen LogP contribution is 2.61. The van der Waals surface area contributed by atoms with Crippen LogP contribution in [0, 0.1) is 16.0 Å². The summed E-state index contributed by atoms with van der Waals surface area (Å²) >= 11 is 0. The number of anilines is 1. The Bertz CT molecular complexity index is 1390. The van der Waals surface area contributed by atoms with Crippen molar-refractivity contribution >= 4 is 23.1 Å². The molecule has 9 nitrogen and oxygen atoms in total. The monoisotopic (exact) mass is 484 g/mol. The van der Waals surface area contributed by atoms with Gasteiger partial charge in [0.2, 0.25) is 5.91 Å². The van der Waals surface area contributed by atoms with E-state index in [1.54, 1.807) is 49.7 Å². The third kappa shape index (κ3) is 3.02. The molecule has 0 aliphatic carbocycles. The summed E-state index contributed by atoms with van der Waals surface area (Å²) in [5.41, 5.74) is 1.13. The second kappa shape index (κ2) is 8.23. The van der Waals surface area contributed by atoms with Crippen LogP contribution in [0.4, 0.5) is 11.4 Å². The Morgan fingerprint density at radius 1 is 1.22 bits per heavy atom. The Morgan fingerprint density at radius 2 is 2.08 bits per heavy atom. The van der Waals surface area contributed by atoms with Crippen LogP contribution >= 0.6 is 0 Å². The predicted octanol–water partition coefficient (Wildman–Crippen LogP) is 3.91. The van der Waals surface area contributed by atoms with Gasteiger partial charge >= 0.3 is 0 Å².